The highest BCUT2D eigenvalue weighted by atomic mass is 32.1. The molecule has 1 aromatic heterocycles. The van der Waals surface area contributed by atoms with Crippen LogP contribution in [0.3, 0.4) is 0 Å². The molecule has 1 aromatic rings. The normalized spacial score (nSPS) is 9.67. The van der Waals surface area contributed by atoms with Gasteiger partial charge in [0.15, 0.2) is 4.88 Å². The molecule has 7 heteroatoms. The molecule has 0 aliphatic rings. The SMILES string of the molecule is [B]c1cc([N+](=O)[O-])c(C(=O)O)s1. The Balaban J connectivity index is 3.26. The average molecular weight is 183 g/mol. The fourth-order valence-corrected chi connectivity index (χ4v) is 1.42. The molecule has 0 amide bonds. The van der Waals surface area contributed by atoms with Crippen LogP contribution >= 0.6 is 11.3 Å². The largest absolute Gasteiger partial charge is 0.477 e. The van der Waals surface area contributed by atoms with E-state index in [1.807, 2.05) is 0 Å². The Morgan fingerprint density at radius 1 is 1.75 bits per heavy atom. The summed E-state index contributed by atoms with van der Waals surface area (Å²) in [6.07, 6.45) is 0. The lowest BCUT2D eigenvalue weighted by atomic mass is 10.1. The number of carboxylic acids is 1. The van der Waals surface area contributed by atoms with Gasteiger partial charge in [-0.05, 0) is 4.78 Å². The van der Waals surface area contributed by atoms with Gasteiger partial charge in [-0.1, -0.05) is 0 Å². The van der Waals surface area contributed by atoms with Crippen molar-refractivity contribution in [3.63, 3.8) is 0 Å². The number of aromatic carboxylic acids is 1. The van der Waals surface area contributed by atoms with Gasteiger partial charge in [-0.25, -0.2) is 4.79 Å². The molecular formula is C5H2BNO4S. The van der Waals surface area contributed by atoms with Crippen LogP contribution in [0.2, 0.25) is 0 Å². The van der Waals surface area contributed by atoms with Gasteiger partial charge in [0, 0.05) is 6.07 Å². The minimum Gasteiger partial charge on any atom is -0.477 e. The number of thiophene rings is 1. The first-order chi connectivity index (χ1) is 5.52. The molecule has 1 rings (SSSR count). The highest BCUT2D eigenvalue weighted by molar-refractivity contribution is 7.22. The Kier molecular flexibility index (Phi) is 2.14. The number of carboxylic acid groups (broad SMARTS) is 1. The molecule has 0 saturated carbocycles. The molecule has 12 heavy (non-hydrogen) atoms. The lowest BCUT2D eigenvalue weighted by Crippen LogP contribution is -1.97. The molecule has 1 heterocycles. The van der Waals surface area contributed by atoms with Crippen LogP contribution in [0.25, 0.3) is 0 Å². The minimum absolute atomic E-state index is 0.124. The number of carbonyl (C=O) groups is 1. The van der Waals surface area contributed by atoms with Crippen LogP contribution in [-0.2, 0) is 0 Å². The van der Waals surface area contributed by atoms with Crippen LogP contribution in [0, 0.1) is 10.1 Å². The topological polar surface area (TPSA) is 80.4 Å². The Morgan fingerprint density at radius 3 is 2.67 bits per heavy atom. The second-order valence-corrected chi connectivity index (χ2v) is 3.01. The van der Waals surface area contributed by atoms with Gasteiger partial charge in [-0.3, -0.25) is 10.1 Å². The van der Waals surface area contributed by atoms with E-state index in [0.29, 0.717) is 11.3 Å². The van der Waals surface area contributed by atoms with Gasteiger partial charge in [0.25, 0.3) is 5.69 Å². The summed E-state index contributed by atoms with van der Waals surface area (Å²) in [7, 11) is 5.21. The summed E-state index contributed by atoms with van der Waals surface area (Å²) in [6.45, 7) is 0. The molecule has 0 unspecified atom stereocenters. The highest BCUT2D eigenvalue weighted by Gasteiger charge is 2.22. The maximum atomic E-state index is 10.4. The monoisotopic (exact) mass is 183 g/mol. The van der Waals surface area contributed by atoms with Crippen LogP contribution in [0.15, 0.2) is 6.07 Å². The molecule has 0 fully saturated rings. The van der Waals surface area contributed by atoms with Crippen molar-refractivity contribution < 1.29 is 14.8 Å². The number of nitrogens with zero attached hydrogens (tertiary/aromatic N) is 1. The van der Waals surface area contributed by atoms with Crippen molar-refractivity contribution in [2.75, 3.05) is 0 Å². The summed E-state index contributed by atoms with van der Waals surface area (Å²) < 4.78 is 0.124. The van der Waals surface area contributed by atoms with Crippen molar-refractivity contribution in [1.82, 2.24) is 0 Å². The van der Waals surface area contributed by atoms with E-state index in [2.05, 4.69) is 0 Å². The summed E-state index contributed by atoms with van der Waals surface area (Å²) in [5.74, 6) is -1.33. The van der Waals surface area contributed by atoms with E-state index in [4.69, 9.17) is 13.0 Å². The molecule has 0 aliphatic carbocycles. The zero-order valence-corrected chi connectivity index (χ0v) is 6.50. The summed E-state index contributed by atoms with van der Waals surface area (Å²) in [6, 6.07) is 1.04. The fourth-order valence-electron chi connectivity index (χ4n) is 0.689. The van der Waals surface area contributed by atoms with Crippen molar-refractivity contribution in [2.24, 2.45) is 0 Å². The summed E-state index contributed by atoms with van der Waals surface area (Å²) >= 11 is 0.687. The van der Waals surface area contributed by atoms with Crippen molar-refractivity contribution in [1.29, 1.82) is 0 Å². The zero-order valence-electron chi connectivity index (χ0n) is 5.68. The number of nitro groups is 1. The maximum Gasteiger partial charge on any atom is 0.353 e. The molecule has 1 N–H and O–H groups in total. The van der Waals surface area contributed by atoms with Crippen molar-refractivity contribution in [2.45, 2.75) is 0 Å². The smallest absolute Gasteiger partial charge is 0.353 e. The van der Waals surface area contributed by atoms with Crippen LogP contribution in [0.1, 0.15) is 9.67 Å². The second-order valence-electron chi connectivity index (χ2n) is 1.93. The number of hydrogen-bond donors (Lipinski definition) is 1. The molecule has 0 aliphatic heterocycles. The van der Waals surface area contributed by atoms with Crippen molar-refractivity contribution >= 4 is 35.6 Å². The van der Waals surface area contributed by atoms with E-state index in [9.17, 15) is 14.9 Å². The van der Waals surface area contributed by atoms with Crippen molar-refractivity contribution in [3.8, 4) is 0 Å². The quantitative estimate of drug-likeness (QED) is 0.401. The summed E-state index contributed by atoms with van der Waals surface area (Å²) in [5, 5.41) is 18.7. The van der Waals surface area contributed by atoms with E-state index in [-0.39, 0.29) is 9.65 Å². The molecule has 0 saturated heterocycles. The lowest BCUT2D eigenvalue weighted by molar-refractivity contribution is -0.384. The van der Waals surface area contributed by atoms with Crippen molar-refractivity contribution in [3.05, 3.63) is 21.1 Å². The fraction of sp³-hybridized carbons (Fsp3) is 0. The summed E-state index contributed by atoms with van der Waals surface area (Å²) in [4.78, 5) is 19.5. The second kappa shape index (κ2) is 2.94. The highest BCUT2D eigenvalue weighted by Crippen LogP contribution is 2.21. The lowest BCUT2D eigenvalue weighted by Gasteiger charge is -1.87. The number of hydrogen-bond acceptors (Lipinski definition) is 4. The Labute approximate surface area is 72.2 Å². The van der Waals surface area contributed by atoms with Gasteiger partial charge in [-0.15, -0.1) is 11.3 Å². The standard InChI is InChI=1S/C5H2BNO4S/c6-3-1-2(7(10)11)4(12-3)5(8)9/h1H,(H,8,9). The molecule has 0 spiro atoms. The van der Waals surface area contributed by atoms with E-state index >= 15 is 0 Å². The first-order valence-electron chi connectivity index (χ1n) is 2.79. The third-order valence-corrected chi connectivity index (χ3v) is 2.06. The van der Waals surface area contributed by atoms with E-state index in [1.165, 1.54) is 0 Å². The van der Waals surface area contributed by atoms with Crippen LogP contribution in [0.4, 0.5) is 5.69 Å². The summed E-state index contributed by atoms with van der Waals surface area (Å²) in [5.41, 5.74) is -0.454. The predicted molar refractivity (Wildman–Crippen MR) is 43.3 cm³/mol. The minimum atomic E-state index is -1.33. The molecule has 60 valence electrons. The van der Waals surface area contributed by atoms with Gasteiger partial charge in [0.2, 0.25) is 0 Å². The van der Waals surface area contributed by atoms with Gasteiger partial charge >= 0.3 is 5.97 Å². The first kappa shape index (κ1) is 8.73. The molecule has 2 radical (unpaired) electrons. The number of rotatable bonds is 2. The van der Waals surface area contributed by atoms with Crippen LogP contribution < -0.4 is 4.78 Å². The Bertz CT molecular complexity index is 316. The average Bonchev–Trinajstić information content (AvgIpc) is 2.31. The molecule has 0 atom stereocenters. The van der Waals surface area contributed by atoms with E-state index in [1.54, 1.807) is 0 Å². The molecule has 0 bridgehead atoms. The Morgan fingerprint density at radius 2 is 2.33 bits per heavy atom. The van der Waals surface area contributed by atoms with E-state index in [0.717, 1.165) is 6.07 Å². The van der Waals surface area contributed by atoms with E-state index < -0.39 is 16.6 Å². The van der Waals surface area contributed by atoms with Crippen LogP contribution in [0.5, 0.6) is 0 Å². The first-order valence-corrected chi connectivity index (χ1v) is 3.61. The zero-order chi connectivity index (χ0) is 9.30. The molecular weight excluding hydrogens is 181 g/mol. The van der Waals surface area contributed by atoms with Gasteiger partial charge in [-0.2, -0.15) is 0 Å². The predicted octanol–water partition coefficient (Wildman–Crippen LogP) is 0.148. The van der Waals surface area contributed by atoms with Gasteiger partial charge in [0.1, 0.15) is 7.85 Å². The van der Waals surface area contributed by atoms with Crippen LogP contribution in [-0.4, -0.2) is 23.8 Å². The van der Waals surface area contributed by atoms with Gasteiger partial charge in [0.05, 0.1) is 4.92 Å². The maximum absolute atomic E-state index is 10.4. The van der Waals surface area contributed by atoms with Gasteiger partial charge < -0.3 is 5.11 Å². The Hall–Kier alpha value is -1.37. The third kappa shape index (κ3) is 1.45. The third-order valence-electron chi connectivity index (χ3n) is 1.12. The molecule has 5 nitrogen and oxygen atoms in total. The molecule has 0 aromatic carbocycles.